The topological polar surface area (TPSA) is 87.4 Å². The Morgan fingerprint density at radius 2 is 1.92 bits per heavy atom. The summed E-state index contributed by atoms with van der Waals surface area (Å²) >= 11 is 0. The van der Waals surface area contributed by atoms with Crippen LogP contribution in [0.2, 0.25) is 0 Å². The van der Waals surface area contributed by atoms with Gasteiger partial charge < -0.3 is 20.3 Å². The van der Waals surface area contributed by atoms with Gasteiger partial charge in [0.2, 0.25) is 0 Å². The molecule has 6 nitrogen and oxygen atoms in total. The molecule has 0 aliphatic heterocycles. The average molecular weight is 331 g/mol. The highest BCUT2D eigenvalue weighted by atomic mass is 16.5. The van der Waals surface area contributed by atoms with Crippen LogP contribution in [0.5, 0.6) is 0 Å². The second-order valence-corrected chi connectivity index (χ2v) is 5.98. The second kappa shape index (κ2) is 7.97. The molecule has 2 atom stereocenters. The maximum Gasteiger partial charge on any atom is 0.315 e. The number of carbonyl (C=O) groups excluding carboxylic acids is 1. The van der Waals surface area contributed by atoms with Gasteiger partial charge in [0.1, 0.15) is 5.76 Å². The molecule has 2 amide bonds. The first-order valence-corrected chi connectivity index (χ1v) is 8.14. The number of nitrogens with one attached hydrogen (secondary N) is 2. The molecule has 0 radical (unpaired) electrons. The van der Waals surface area contributed by atoms with Crippen LogP contribution in [0.1, 0.15) is 53.6 Å². The van der Waals surface area contributed by atoms with Crippen molar-refractivity contribution in [1.29, 1.82) is 0 Å². The van der Waals surface area contributed by atoms with E-state index in [1.165, 1.54) is 0 Å². The minimum atomic E-state index is -0.740. The maximum absolute atomic E-state index is 12.1. The van der Waals surface area contributed by atoms with Gasteiger partial charge in [-0.2, -0.15) is 0 Å². The van der Waals surface area contributed by atoms with E-state index < -0.39 is 6.10 Å². The summed E-state index contributed by atoms with van der Waals surface area (Å²) < 4.78 is 5.16. The lowest BCUT2D eigenvalue weighted by Gasteiger charge is -2.18. The molecule has 0 spiro atoms. The Balaban J connectivity index is 1.91. The van der Waals surface area contributed by atoms with Crippen molar-refractivity contribution in [2.75, 3.05) is 6.54 Å². The standard InChI is InChI=1S/C18H25N3O3/c1-5-15(17-12(3)21-24-13(17)4)20-18(23)19-10-16(22)14-8-6-11(2)7-9-14/h6-9,15-16,22H,5,10H2,1-4H3,(H2,19,20,23). The fraction of sp³-hybridized carbons (Fsp3) is 0.444. The van der Waals surface area contributed by atoms with Gasteiger partial charge in [-0.1, -0.05) is 41.9 Å². The Hall–Kier alpha value is -2.34. The molecular weight excluding hydrogens is 306 g/mol. The molecule has 2 aromatic rings. The predicted octanol–water partition coefficient (Wildman–Crippen LogP) is 3.08. The number of hydrogen-bond donors (Lipinski definition) is 3. The van der Waals surface area contributed by atoms with Crippen LogP contribution in [0.15, 0.2) is 28.8 Å². The van der Waals surface area contributed by atoms with Crippen LogP contribution in [0.4, 0.5) is 4.79 Å². The van der Waals surface area contributed by atoms with Gasteiger partial charge in [-0.3, -0.25) is 0 Å². The third-order valence-corrected chi connectivity index (χ3v) is 4.07. The number of aliphatic hydroxyl groups excluding tert-OH is 1. The molecule has 24 heavy (non-hydrogen) atoms. The molecule has 0 fully saturated rings. The highest BCUT2D eigenvalue weighted by Crippen LogP contribution is 2.23. The second-order valence-electron chi connectivity index (χ2n) is 5.98. The zero-order valence-electron chi connectivity index (χ0n) is 14.6. The highest BCUT2D eigenvalue weighted by Gasteiger charge is 2.21. The number of amides is 2. The molecule has 3 N–H and O–H groups in total. The average Bonchev–Trinajstić information content (AvgIpc) is 2.90. The van der Waals surface area contributed by atoms with Gasteiger partial charge in [0.25, 0.3) is 0 Å². The summed E-state index contributed by atoms with van der Waals surface area (Å²) in [6, 6.07) is 7.09. The summed E-state index contributed by atoms with van der Waals surface area (Å²) in [4.78, 5) is 12.1. The van der Waals surface area contributed by atoms with E-state index in [4.69, 9.17) is 4.52 Å². The van der Waals surface area contributed by atoms with Crippen molar-refractivity contribution in [3.63, 3.8) is 0 Å². The Bertz CT molecular complexity index is 660. The van der Waals surface area contributed by atoms with Crippen molar-refractivity contribution in [3.05, 3.63) is 52.4 Å². The molecule has 0 aliphatic rings. The highest BCUT2D eigenvalue weighted by molar-refractivity contribution is 5.74. The molecule has 0 saturated carbocycles. The van der Waals surface area contributed by atoms with Crippen molar-refractivity contribution in [1.82, 2.24) is 15.8 Å². The number of carbonyl (C=O) groups is 1. The molecule has 1 aromatic heterocycles. The zero-order chi connectivity index (χ0) is 17.7. The number of aliphatic hydroxyl groups is 1. The van der Waals surface area contributed by atoms with Crippen LogP contribution >= 0.6 is 0 Å². The molecule has 0 saturated heterocycles. The lowest BCUT2D eigenvalue weighted by Crippen LogP contribution is -2.40. The fourth-order valence-electron chi connectivity index (χ4n) is 2.67. The van der Waals surface area contributed by atoms with Crippen molar-refractivity contribution >= 4 is 6.03 Å². The lowest BCUT2D eigenvalue weighted by atomic mass is 10.0. The first kappa shape index (κ1) is 18.0. The number of urea groups is 1. The Labute approximate surface area is 142 Å². The largest absolute Gasteiger partial charge is 0.387 e. The molecular formula is C18H25N3O3. The van der Waals surface area contributed by atoms with E-state index in [-0.39, 0.29) is 18.6 Å². The SMILES string of the molecule is CCC(NC(=O)NCC(O)c1ccc(C)cc1)c1c(C)noc1C. The van der Waals surface area contributed by atoms with E-state index in [2.05, 4.69) is 15.8 Å². The number of aryl methyl sites for hydroxylation is 3. The van der Waals surface area contributed by atoms with Crippen LogP contribution in [-0.2, 0) is 0 Å². The van der Waals surface area contributed by atoms with Gasteiger partial charge >= 0.3 is 6.03 Å². The van der Waals surface area contributed by atoms with E-state index in [0.717, 1.165) is 28.8 Å². The van der Waals surface area contributed by atoms with Gasteiger partial charge in [0, 0.05) is 12.1 Å². The van der Waals surface area contributed by atoms with Crippen LogP contribution in [0, 0.1) is 20.8 Å². The predicted molar refractivity (Wildman–Crippen MR) is 91.7 cm³/mol. The minimum Gasteiger partial charge on any atom is -0.387 e. The molecule has 0 aliphatic carbocycles. The smallest absolute Gasteiger partial charge is 0.315 e. The third-order valence-electron chi connectivity index (χ3n) is 4.07. The molecule has 1 aromatic carbocycles. The Kier molecular flexibility index (Phi) is 5.98. The summed E-state index contributed by atoms with van der Waals surface area (Å²) in [5.41, 5.74) is 3.59. The Morgan fingerprint density at radius 3 is 2.46 bits per heavy atom. The van der Waals surface area contributed by atoms with Crippen molar-refractivity contribution in [3.8, 4) is 0 Å². The monoisotopic (exact) mass is 331 g/mol. The van der Waals surface area contributed by atoms with Gasteiger partial charge in [-0.05, 0) is 32.8 Å². The van der Waals surface area contributed by atoms with E-state index in [0.29, 0.717) is 5.76 Å². The Morgan fingerprint density at radius 1 is 1.25 bits per heavy atom. The molecule has 130 valence electrons. The maximum atomic E-state index is 12.1. The van der Waals surface area contributed by atoms with E-state index in [9.17, 15) is 9.90 Å². The zero-order valence-corrected chi connectivity index (χ0v) is 14.6. The third kappa shape index (κ3) is 4.35. The number of benzene rings is 1. The van der Waals surface area contributed by atoms with Crippen LogP contribution in [-0.4, -0.2) is 22.8 Å². The number of aromatic nitrogens is 1. The lowest BCUT2D eigenvalue weighted by molar-refractivity contribution is 0.172. The minimum absolute atomic E-state index is 0.146. The normalized spacial score (nSPS) is 13.4. The summed E-state index contributed by atoms with van der Waals surface area (Å²) in [5.74, 6) is 0.708. The number of nitrogens with zero attached hydrogens (tertiary/aromatic N) is 1. The van der Waals surface area contributed by atoms with Crippen molar-refractivity contribution in [2.24, 2.45) is 0 Å². The van der Waals surface area contributed by atoms with Gasteiger partial charge in [-0.15, -0.1) is 0 Å². The van der Waals surface area contributed by atoms with E-state index in [1.54, 1.807) is 0 Å². The summed E-state index contributed by atoms with van der Waals surface area (Å²) in [6.45, 7) is 7.81. The van der Waals surface area contributed by atoms with Gasteiger partial charge in [-0.25, -0.2) is 4.79 Å². The molecule has 2 unspecified atom stereocenters. The van der Waals surface area contributed by atoms with E-state index >= 15 is 0 Å². The molecule has 2 rings (SSSR count). The summed E-state index contributed by atoms with van der Waals surface area (Å²) in [6.07, 6.45) is -0.0212. The summed E-state index contributed by atoms with van der Waals surface area (Å²) in [7, 11) is 0. The van der Waals surface area contributed by atoms with Crippen LogP contribution < -0.4 is 10.6 Å². The van der Waals surface area contributed by atoms with E-state index in [1.807, 2.05) is 52.0 Å². The fourth-order valence-corrected chi connectivity index (χ4v) is 2.67. The first-order valence-electron chi connectivity index (χ1n) is 8.14. The number of hydrogen-bond acceptors (Lipinski definition) is 4. The first-order chi connectivity index (χ1) is 11.4. The van der Waals surface area contributed by atoms with Gasteiger partial charge in [0.05, 0.1) is 17.8 Å². The molecule has 1 heterocycles. The molecule has 6 heteroatoms. The molecule has 0 bridgehead atoms. The van der Waals surface area contributed by atoms with Crippen molar-refractivity contribution < 1.29 is 14.4 Å². The quantitative estimate of drug-likeness (QED) is 0.759. The van der Waals surface area contributed by atoms with Gasteiger partial charge in [0.15, 0.2) is 0 Å². The van der Waals surface area contributed by atoms with Crippen molar-refractivity contribution in [2.45, 2.75) is 46.3 Å². The summed E-state index contributed by atoms with van der Waals surface area (Å²) in [5, 5.41) is 19.7. The number of rotatable bonds is 6. The van der Waals surface area contributed by atoms with Crippen LogP contribution in [0.25, 0.3) is 0 Å². The van der Waals surface area contributed by atoms with Crippen LogP contribution in [0.3, 0.4) is 0 Å².